The normalized spacial score (nSPS) is 21.9. The van der Waals surface area contributed by atoms with E-state index in [1.165, 1.54) is 19.3 Å². The Bertz CT molecular complexity index is 465. The van der Waals surface area contributed by atoms with Crippen LogP contribution >= 0.6 is 0 Å². The molecule has 1 saturated carbocycles. The first kappa shape index (κ1) is 15.8. The van der Waals surface area contributed by atoms with Crippen molar-refractivity contribution in [2.24, 2.45) is 5.92 Å². The summed E-state index contributed by atoms with van der Waals surface area (Å²) < 4.78 is 0. The molecule has 1 amide bonds. The van der Waals surface area contributed by atoms with E-state index in [4.69, 9.17) is 0 Å². The molecule has 4 nitrogen and oxygen atoms in total. The number of aromatic nitrogens is 1. The summed E-state index contributed by atoms with van der Waals surface area (Å²) in [5.74, 6) is 1.56. The Morgan fingerprint density at radius 1 is 1.33 bits per heavy atom. The minimum atomic E-state index is 0.0327. The van der Waals surface area contributed by atoms with Crippen LogP contribution in [-0.4, -0.2) is 24.0 Å². The number of carbonyl (C=O) groups excluding carboxylic acids is 1. The van der Waals surface area contributed by atoms with Crippen molar-refractivity contribution >= 4 is 11.7 Å². The molecule has 1 aromatic rings. The molecule has 1 aromatic heterocycles. The molecule has 2 rings (SSSR count). The summed E-state index contributed by atoms with van der Waals surface area (Å²) in [6.07, 6.45) is 6.80. The van der Waals surface area contributed by atoms with Gasteiger partial charge in [-0.2, -0.15) is 0 Å². The average Bonchev–Trinajstić information content (AvgIpc) is 2.54. The van der Waals surface area contributed by atoms with E-state index in [-0.39, 0.29) is 5.91 Å². The molecule has 1 heterocycles. The Balaban J connectivity index is 2.05. The van der Waals surface area contributed by atoms with Gasteiger partial charge < -0.3 is 10.6 Å². The molecule has 1 fully saturated rings. The molecule has 2 N–H and O–H groups in total. The number of nitrogens with one attached hydrogen (secondary N) is 2. The minimum absolute atomic E-state index is 0.0327. The van der Waals surface area contributed by atoms with Gasteiger partial charge in [-0.25, -0.2) is 4.98 Å². The highest BCUT2D eigenvalue weighted by molar-refractivity contribution is 5.95. The zero-order valence-electron chi connectivity index (χ0n) is 13.4. The van der Waals surface area contributed by atoms with Gasteiger partial charge in [0.1, 0.15) is 5.82 Å². The van der Waals surface area contributed by atoms with Crippen LogP contribution in [-0.2, 0) is 6.42 Å². The maximum Gasteiger partial charge on any atom is 0.251 e. The minimum Gasteiger partial charge on any atom is -0.373 e. The quantitative estimate of drug-likeness (QED) is 0.873. The van der Waals surface area contributed by atoms with Crippen molar-refractivity contribution in [2.75, 3.05) is 12.4 Å². The van der Waals surface area contributed by atoms with E-state index < -0.39 is 0 Å². The maximum atomic E-state index is 12.5. The molecule has 1 aliphatic carbocycles. The first-order valence-corrected chi connectivity index (χ1v) is 8.15. The number of rotatable bonds is 5. The van der Waals surface area contributed by atoms with Crippen molar-refractivity contribution in [1.29, 1.82) is 0 Å². The highest BCUT2D eigenvalue weighted by atomic mass is 16.1. The van der Waals surface area contributed by atoms with Crippen molar-refractivity contribution in [1.82, 2.24) is 10.3 Å². The van der Waals surface area contributed by atoms with Gasteiger partial charge in [0.25, 0.3) is 5.91 Å². The summed E-state index contributed by atoms with van der Waals surface area (Å²) >= 11 is 0. The number of anilines is 1. The van der Waals surface area contributed by atoms with Gasteiger partial charge in [-0.3, -0.25) is 4.79 Å². The highest BCUT2D eigenvalue weighted by Gasteiger charge is 2.22. The fourth-order valence-corrected chi connectivity index (χ4v) is 3.09. The van der Waals surface area contributed by atoms with E-state index in [0.29, 0.717) is 11.6 Å². The van der Waals surface area contributed by atoms with Gasteiger partial charge in [-0.1, -0.05) is 33.1 Å². The Morgan fingerprint density at radius 2 is 2.14 bits per heavy atom. The van der Waals surface area contributed by atoms with Gasteiger partial charge in [0, 0.05) is 24.3 Å². The Kier molecular flexibility index (Phi) is 5.59. The van der Waals surface area contributed by atoms with Crippen LogP contribution in [0.2, 0.25) is 0 Å². The fraction of sp³-hybridized carbons (Fsp3) is 0.647. The van der Waals surface area contributed by atoms with Crippen molar-refractivity contribution in [3.8, 4) is 0 Å². The number of hydrogen-bond donors (Lipinski definition) is 2. The average molecular weight is 289 g/mol. The number of carbonyl (C=O) groups is 1. The molecular formula is C17H27N3O. The summed E-state index contributed by atoms with van der Waals surface area (Å²) in [5.41, 5.74) is 1.66. The van der Waals surface area contributed by atoms with Crippen LogP contribution in [0.3, 0.4) is 0 Å². The van der Waals surface area contributed by atoms with Crippen LogP contribution in [0.4, 0.5) is 5.82 Å². The number of aryl methyl sites for hydroxylation is 1. The van der Waals surface area contributed by atoms with Gasteiger partial charge in [-0.15, -0.1) is 0 Å². The second-order valence-electron chi connectivity index (χ2n) is 5.95. The Hall–Kier alpha value is -1.58. The summed E-state index contributed by atoms with van der Waals surface area (Å²) in [6, 6.07) is 4.05. The first-order valence-electron chi connectivity index (χ1n) is 8.15. The predicted octanol–water partition coefficient (Wildman–Crippen LogP) is 3.38. The smallest absolute Gasteiger partial charge is 0.251 e. The van der Waals surface area contributed by atoms with Crippen LogP contribution < -0.4 is 10.6 Å². The molecule has 4 heteroatoms. The molecule has 21 heavy (non-hydrogen) atoms. The molecule has 0 radical (unpaired) electrons. The van der Waals surface area contributed by atoms with E-state index in [9.17, 15) is 4.79 Å². The van der Waals surface area contributed by atoms with Gasteiger partial charge >= 0.3 is 0 Å². The first-order chi connectivity index (χ1) is 10.2. The largest absolute Gasteiger partial charge is 0.373 e. The molecule has 116 valence electrons. The lowest BCUT2D eigenvalue weighted by Crippen LogP contribution is -2.38. The van der Waals surface area contributed by atoms with Crippen molar-refractivity contribution in [3.63, 3.8) is 0 Å². The van der Waals surface area contributed by atoms with Gasteiger partial charge in [0.05, 0.1) is 0 Å². The summed E-state index contributed by atoms with van der Waals surface area (Å²) in [7, 11) is 1.83. The zero-order chi connectivity index (χ0) is 15.2. The van der Waals surface area contributed by atoms with Crippen LogP contribution in [0.25, 0.3) is 0 Å². The molecule has 0 aliphatic heterocycles. The molecule has 0 saturated heterocycles. The third-order valence-electron chi connectivity index (χ3n) is 4.45. The third kappa shape index (κ3) is 4.19. The fourth-order valence-electron chi connectivity index (χ4n) is 3.09. The van der Waals surface area contributed by atoms with E-state index in [0.717, 1.165) is 36.7 Å². The Morgan fingerprint density at radius 3 is 2.81 bits per heavy atom. The van der Waals surface area contributed by atoms with Gasteiger partial charge in [0.2, 0.25) is 0 Å². The number of hydrogen-bond acceptors (Lipinski definition) is 3. The number of amides is 1. The molecular weight excluding hydrogens is 262 g/mol. The van der Waals surface area contributed by atoms with Crippen molar-refractivity contribution in [3.05, 3.63) is 23.4 Å². The second kappa shape index (κ2) is 7.43. The molecule has 0 aromatic carbocycles. The maximum absolute atomic E-state index is 12.5. The summed E-state index contributed by atoms with van der Waals surface area (Å²) in [6.45, 7) is 4.29. The third-order valence-corrected chi connectivity index (χ3v) is 4.45. The van der Waals surface area contributed by atoms with Crippen LogP contribution in [0.1, 0.15) is 62.0 Å². The monoisotopic (exact) mass is 289 g/mol. The zero-order valence-corrected chi connectivity index (χ0v) is 13.4. The molecule has 0 spiro atoms. The predicted molar refractivity (Wildman–Crippen MR) is 86.7 cm³/mol. The van der Waals surface area contributed by atoms with E-state index in [1.54, 1.807) is 0 Å². The molecule has 1 aliphatic rings. The summed E-state index contributed by atoms with van der Waals surface area (Å²) in [5, 5.41) is 6.23. The molecule has 2 atom stereocenters. The standard InChI is InChI=1S/C17H27N3O/c1-4-12-7-6-8-15(9-12)20-17(21)13-10-14(5-2)19-16(11-13)18-3/h10-12,15H,4-9H2,1-3H3,(H,18,19)(H,20,21). The topological polar surface area (TPSA) is 54.0 Å². The lowest BCUT2D eigenvalue weighted by Gasteiger charge is -2.29. The number of pyridine rings is 1. The lowest BCUT2D eigenvalue weighted by molar-refractivity contribution is 0.0919. The van der Waals surface area contributed by atoms with E-state index >= 15 is 0 Å². The van der Waals surface area contributed by atoms with Crippen molar-refractivity contribution < 1.29 is 4.79 Å². The van der Waals surface area contributed by atoms with Gasteiger partial charge in [-0.05, 0) is 37.3 Å². The van der Waals surface area contributed by atoms with E-state index in [1.807, 2.05) is 19.2 Å². The lowest BCUT2D eigenvalue weighted by atomic mass is 9.84. The summed E-state index contributed by atoms with van der Waals surface area (Å²) in [4.78, 5) is 16.9. The van der Waals surface area contributed by atoms with Crippen LogP contribution in [0.15, 0.2) is 12.1 Å². The van der Waals surface area contributed by atoms with Gasteiger partial charge in [0.15, 0.2) is 0 Å². The molecule has 2 unspecified atom stereocenters. The number of nitrogens with zero attached hydrogens (tertiary/aromatic N) is 1. The molecule has 0 bridgehead atoms. The van der Waals surface area contributed by atoms with E-state index in [2.05, 4.69) is 29.5 Å². The van der Waals surface area contributed by atoms with Crippen LogP contribution in [0, 0.1) is 5.92 Å². The van der Waals surface area contributed by atoms with Crippen molar-refractivity contribution in [2.45, 2.75) is 58.4 Å². The second-order valence-corrected chi connectivity index (χ2v) is 5.95. The Labute approximate surface area is 127 Å². The SMILES string of the molecule is CCc1cc(C(=O)NC2CCCC(CC)C2)cc(NC)n1. The highest BCUT2D eigenvalue weighted by Crippen LogP contribution is 2.26. The van der Waals surface area contributed by atoms with Crippen LogP contribution in [0.5, 0.6) is 0 Å².